The highest BCUT2D eigenvalue weighted by Gasteiger charge is 2.10. The number of aromatic nitrogens is 5. The summed E-state index contributed by atoms with van der Waals surface area (Å²) in [5, 5.41) is 15.1. The molecule has 0 atom stereocenters. The molecule has 0 bridgehead atoms. The van der Waals surface area contributed by atoms with Crippen LogP contribution >= 0.6 is 0 Å². The minimum absolute atomic E-state index is 0.148. The predicted molar refractivity (Wildman–Crippen MR) is 48.3 cm³/mol. The van der Waals surface area contributed by atoms with Gasteiger partial charge in [-0.3, -0.25) is 0 Å². The summed E-state index contributed by atoms with van der Waals surface area (Å²) in [6.45, 7) is 0. The number of hydrogen-bond acceptors (Lipinski definition) is 6. The Labute approximate surface area is 84.7 Å². The van der Waals surface area contributed by atoms with Gasteiger partial charge in [0.05, 0.1) is 25.7 Å². The maximum absolute atomic E-state index is 11.1. The summed E-state index contributed by atoms with van der Waals surface area (Å²) in [7, 11) is 1.29. The van der Waals surface area contributed by atoms with Crippen LogP contribution in [0.4, 0.5) is 0 Å². The van der Waals surface area contributed by atoms with Crippen LogP contribution in [0.5, 0.6) is 0 Å². The molecule has 0 aliphatic carbocycles. The fraction of sp³-hybridized carbons (Fsp3) is 0.125. The van der Waals surface area contributed by atoms with Crippen molar-refractivity contribution < 1.29 is 9.53 Å². The van der Waals surface area contributed by atoms with E-state index >= 15 is 0 Å². The van der Waals surface area contributed by atoms with E-state index < -0.39 is 5.97 Å². The van der Waals surface area contributed by atoms with E-state index in [4.69, 9.17) is 0 Å². The average molecular weight is 205 g/mol. The molecule has 0 aliphatic rings. The van der Waals surface area contributed by atoms with Gasteiger partial charge in [0.2, 0.25) is 0 Å². The minimum atomic E-state index is -0.525. The Kier molecular flexibility index (Phi) is 2.36. The van der Waals surface area contributed by atoms with Gasteiger partial charge in [-0.2, -0.15) is 15.3 Å². The first kappa shape index (κ1) is 9.25. The molecular weight excluding hydrogens is 198 g/mol. The molecule has 0 aliphatic heterocycles. The molecule has 7 heteroatoms. The number of methoxy groups -OCH3 is 1. The van der Waals surface area contributed by atoms with Gasteiger partial charge in [-0.1, -0.05) is 0 Å². The van der Waals surface area contributed by atoms with Crippen molar-refractivity contribution >= 4 is 5.97 Å². The molecule has 0 N–H and O–H groups in total. The van der Waals surface area contributed by atoms with Crippen LogP contribution in [0.2, 0.25) is 0 Å². The van der Waals surface area contributed by atoms with Crippen molar-refractivity contribution in [2.75, 3.05) is 7.11 Å². The Morgan fingerprint density at radius 1 is 1.40 bits per heavy atom. The molecule has 0 radical (unpaired) electrons. The van der Waals surface area contributed by atoms with E-state index in [0.717, 1.165) is 0 Å². The Balaban J connectivity index is 2.32. The predicted octanol–water partition coefficient (Wildman–Crippen LogP) is -0.156. The molecule has 76 valence electrons. The molecular formula is C8H7N5O2. The van der Waals surface area contributed by atoms with Crippen molar-refractivity contribution in [2.24, 2.45) is 0 Å². The molecule has 0 aromatic carbocycles. The highest BCUT2D eigenvalue weighted by atomic mass is 16.5. The van der Waals surface area contributed by atoms with Crippen LogP contribution in [-0.2, 0) is 4.74 Å². The highest BCUT2D eigenvalue weighted by Crippen LogP contribution is 2.02. The summed E-state index contributed by atoms with van der Waals surface area (Å²) in [6.07, 6.45) is 4.32. The van der Waals surface area contributed by atoms with Gasteiger partial charge in [0.15, 0.2) is 5.69 Å². The van der Waals surface area contributed by atoms with Gasteiger partial charge in [0, 0.05) is 0 Å². The topological polar surface area (TPSA) is 82.8 Å². The molecule has 2 heterocycles. The molecule has 0 amide bonds. The Morgan fingerprint density at radius 3 is 2.93 bits per heavy atom. The molecule has 0 fully saturated rings. The number of ether oxygens (including phenoxy) is 1. The summed E-state index contributed by atoms with van der Waals surface area (Å²) in [4.78, 5) is 12.4. The summed E-state index contributed by atoms with van der Waals surface area (Å²) >= 11 is 0. The fourth-order valence-electron chi connectivity index (χ4n) is 0.988. The van der Waals surface area contributed by atoms with Gasteiger partial charge < -0.3 is 4.74 Å². The number of esters is 1. The van der Waals surface area contributed by atoms with Crippen molar-refractivity contribution in [3.63, 3.8) is 0 Å². The Hall–Kier alpha value is -2.31. The number of nitrogens with zero attached hydrogens (tertiary/aromatic N) is 5. The standard InChI is InChI=1S/C8H7N5O2/c1-15-8(14)7-5-11-13(12-7)6-2-3-9-10-4-6/h2-5H,1H3. The first-order valence-corrected chi connectivity index (χ1v) is 4.09. The third-order valence-corrected chi connectivity index (χ3v) is 1.69. The van der Waals surface area contributed by atoms with Gasteiger partial charge in [-0.25, -0.2) is 4.79 Å². The maximum Gasteiger partial charge on any atom is 0.360 e. The lowest BCUT2D eigenvalue weighted by atomic mass is 10.5. The fourth-order valence-corrected chi connectivity index (χ4v) is 0.988. The second kappa shape index (κ2) is 3.82. The van der Waals surface area contributed by atoms with E-state index in [2.05, 4.69) is 25.1 Å². The van der Waals surface area contributed by atoms with Gasteiger partial charge in [-0.05, 0) is 6.07 Å². The molecule has 2 aromatic heterocycles. The molecule has 0 spiro atoms. The van der Waals surface area contributed by atoms with E-state index in [1.165, 1.54) is 30.5 Å². The first-order chi connectivity index (χ1) is 7.31. The third kappa shape index (κ3) is 1.80. The monoisotopic (exact) mass is 205 g/mol. The number of rotatable bonds is 2. The van der Waals surface area contributed by atoms with E-state index in [0.29, 0.717) is 5.69 Å². The Bertz CT molecular complexity index is 467. The molecule has 0 saturated carbocycles. The largest absolute Gasteiger partial charge is 0.464 e. The van der Waals surface area contributed by atoms with Gasteiger partial charge in [0.25, 0.3) is 0 Å². The first-order valence-electron chi connectivity index (χ1n) is 4.09. The smallest absolute Gasteiger partial charge is 0.360 e. The lowest BCUT2D eigenvalue weighted by Crippen LogP contribution is -2.04. The number of carbonyl (C=O) groups is 1. The van der Waals surface area contributed by atoms with Crippen LogP contribution in [0.15, 0.2) is 24.7 Å². The third-order valence-electron chi connectivity index (χ3n) is 1.69. The second-order valence-electron chi connectivity index (χ2n) is 2.61. The molecule has 2 aromatic rings. The Morgan fingerprint density at radius 2 is 2.27 bits per heavy atom. The zero-order valence-electron chi connectivity index (χ0n) is 7.86. The SMILES string of the molecule is COC(=O)c1cnn(-c2ccnnc2)n1. The molecule has 15 heavy (non-hydrogen) atoms. The van der Waals surface area contributed by atoms with E-state index in [9.17, 15) is 4.79 Å². The average Bonchev–Trinajstić information content (AvgIpc) is 2.78. The van der Waals surface area contributed by atoms with Crippen molar-refractivity contribution in [3.8, 4) is 5.69 Å². The summed E-state index contributed by atoms with van der Waals surface area (Å²) in [5.41, 5.74) is 0.773. The van der Waals surface area contributed by atoms with Crippen LogP contribution in [0.1, 0.15) is 10.5 Å². The maximum atomic E-state index is 11.1. The van der Waals surface area contributed by atoms with Crippen molar-refractivity contribution in [1.29, 1.82) is 0 Å². The number of hydrogen-bond donors (Lipinski definition) is 0. The van der Waals surface area contributed by atoms with E-state index in [1.54, 1.807) is 6.07 Å². The van der Waals surface area contributed by atoms with Gasteiger partial charge >= 0.3 is 5.97 Å². The molecule has 0 saturated heterocycles. The van der Waals surface area contributed by atoms with Crippen LogP contribution in [0.25, 0.3) is 5.69 Å². The van der Waals surface area contributed by atoms with Crippen LogP contribution in [-0.4, -0.2) is 38.3 Å². The second-order valence-corrected chi connectivity index (χ2v) is 2.61. The van der Waals surface area contributed by atoms with Crippen molar-refractivity contribution in [1.82, 2.24) is 25.2 Å². The minimum Gasteiger partial charge on any atom is -0.464 e. The van der Waals surface area contributed by atoms with Crippen LogP contribution in [0, 0.1) is 0 Å². The van der Waals surface area contributed by atoms with Crippen molar-refractivity contribution in [2.45, 2.75) is 0 Å². The molecule has 0 unspecified atom stereocenters. The van der Waals surface area contributed by atoms with Crippen LogP contribution < -0.4 is 0 Å². The zero-order valence-corrected chi connectivity index (χ0v) is 7.86. The lowest BCUT2D eigenvalue weighted by molar-refractivity contribution is 0.0593. The summed E-state index contributed by atoms with van der Waals surface area (Å²) in [5.74, 6) is -0.525. The normalized spacial score (nSPS) is 9.93. The highest BCUT2D eigenvalue weighted by molar-refractivity contribution is 5.86. The lowest BCUT2D eigenvalue weighted by Gasteiger charge is -1.95. The van der Waals surface area contributed by atoms with Gasteiger partial charge in [0.1, 0.15) is 5.69 Å². The van der Waals surface area contributed by atoms with E-state index in [-0.39, 0.29) is 5.69 Å². The summed E-state index contributed by atoms with van der Waals surface area (Å²) in [6, 6.07) is 1.67. The zero-order chi connectivity index (χ0) is 10.7. The molecule has 7 nitrogen and oxygen atoms in total. The molecule has 2 rings (SSSR count). The van der Waals surface area contributed by atoms with E-state index in [1.807, 2.05) is 0 Å². The van der Waals surface area contributed by atoms with Crippen molar-refractivity contribution in [3.05, 3.63) is 30.4 Å². The number of carbonyl (C=O) groups excluding carboxylic acids is 1. The van der Waals surface area contributed by atoms with Crippen LogP contribution in [0.3, 0.4) is 0 Å². The summed E-state index contributed by atoms with van der Waals surface area (Å²) < 4.78 is 4.50. The van der Waals surface area contributed by atoms with Gasteiger partial charge in [-0.15, -0.1) is 9.90 Å². The quantitative estimate of drug-likeness (QED) is 0.634.